The fourth-order valence-electron chi connectivity index (χ4n) is 1.41. The zero-order valence-electron chi connectivity index (χ0n) is 10.8. The molecule has 1 aromatic rings. The lowest BCUT2D eigenvalue weighted by Crippen LogP contribution is -2.42. The first-order valence-electron chi connectivity index (χ1n) is 5.74. The molecule has 0 aromatic carbocycles. The zero-order valence-corrected chi connectivity index (χ0v) is 10.8. The standard InChI is InChI=1S/C12H18N2O4/c1-4-14(3)11(15)8(2)13-6-10-5-9(7-18-10)12(16)17/h5,7-8,13H,4,6H2,1-3H3,(H,16,17). The van der Waals surface area contributed by atoms with Crippen molar-refractivity contribution in [3.8, 4) is 0 Å². The van der Waals surface area contributed by atoms with E-state index in [1.165, 1.54) is 12.3 Å². The molecule has 2 N–H and O–H groups in total. The van der Waals surface area contributed by atoms with Crippen LogP contribution in [-0.2, 0) is 11.3 Å². The minimum atomic E-state index is -1.03. The lowest BCUT2D eigenvalue weighted by Gasteiger charge is -2.20. The Morgan fingerprint density at radius 1 is 1.56 bits per heavy atom. The second-order valence-electron chi connectivity index (χ2n) is 4.06. The van der Waals surface area contributed by atoms with Gasteiger partial charge in [-0.1, -0.05) is 0 Å². The molecule has 0 aliphatic carbocycles. The van der Waals surface area contributed by atoms with Gasteiger partial charge >= 0.3 is 5.97 Å². The predicted molar refractivity (Wildman–Crippen MR) is 65.3 cm³/mol. The highest BCUT2D eigenvalue weighted by molar-refractivity contribution is 5.87. The monoisotopic (exact) mass is 254 g/mol. The Balaban J connectivity index is 2.49. The average molecular weight is 254 g/mol. The molecular weight excluding hydrogens is 236 g/mol. The Bertz CT molecular complexity index is 427. The van der Waals surface area contributed by atoms with Crippen molar-refractivity contribution in [3.63, 3.8) is 0 Å². The van der Waals surface area contributed by atoms with Crippen LogP contribution in [0.2, 0.25) is 0 Å². The first kappa shape index (κ1) is 14.2. The number of hydrogen-bond donors (Lipinski definition) is 2. The number of likely N-dealkylation sites (N-methyl/N-ethyl adjacent to an activating group) is 1. The number of aromatic carboxylic acids is 1. The van der Waals surface area contributed by atoms with E-state index in [0.717, 1.165) is 0 Å². The van der Waals surface area contributed by atoms with Gasteiger partial charge in [-0.3, -0.25) is 10.1 Å². The lowest BCUT2D eigenvalue weighted by molar-refractivity contribution is -0.131. The molecule has 0 saturated heterocycles. The van der Waals surface area contributed by atoms with Crippen LogP contribution < -0.4 is 5.32 Å². The number of carboxylic acids is 1. The molecule has 0 fully saturated rings. The Kier molecular flexibility index (Phi) is 4.91. The van der Waals surface area contributed by atoms with Crippen molar-refractivity contribution in [1.82, 2.24) is 10.2 Å². The van der Waals surface area contributed by atoms with Gasteiger partial charge in [0.25, 0.3) is 0 Å². The second-order valence-corrected chi connectivity index (χ2v) is 4.06. The summed E-state index contributed by atoms with van der Waals surface area (Å²) in [6, 6.07) is 1.10. The predicted octanol–water partition coefficient (Wildman–Crippen LogP) is 0.934. The Labute approximate surface area is 106 Å². The van der Waals surface area contributed by atoms with Crippen LogP contribution in [0.25, 0.3) is 0 Å². The molecule has 1 aromatic heterocycles. The van der Waals surface area contributed by atoms with E-state index >= 15 is 0 Å². The van der Waals surface area contributed by atoms with Crippen LogP contribution in [0.15, 0.2) is 16.7 Å². The Morgan fingerprint density at radius 2 is 2.22 bits per heavy atom. The molecule has 0 radical (unpaired) electrons. The minimum Gasteiger partial charge on any atom is -0.478 e. The van der Waals surface area contributed by atoms with Crippen molar-refractivity contribution >= 4 is 11.9 Å². The number of carbonyl (C=O) groups excluding carboxylic acids is 1. The fraction of sp³-hybridized carbons (Fsp3) is 0.500. The average Bonchev–Trinajstić information content (AvgIpc) is 2.82. The fourth-order valence-corrected chi connectivity index (χ4v) is 1.41. The number of carbonyl (C=O) groups is 2. The Morgan fingerprint density at radius 3 is 2.72 bits per heavy atom. The minimum absolute atomic E-state index is 0.0116. The molecule has 0 spiro atoms. The van der Waals surface area contributed by atoms with Crippen molar-refractivity contribution < 1.29 is 19.1 Å². The zero-order chi connectivity index (χ0) is 13.7. The summed E-state index contributed by atoms with van der Waals surface area (Å²) in [5, 5.41) is 11.7. The highest BCUT2D eigenvalue weighted by Gasteiger charge is 2.16. The van der Waals surface area contributed by atoms with Crippen LogP contribution in [0, 0.1) is 0 Å². The molecular formula is C12H18N2O4. The van der Waals surface area contributed by atoms with Crippen molar-refractivity contribution in [2.45, 2.75) is 26.4 Å². The quantitative estimate of drug-likeness (QED) is 0.789. The molecule has 18 heavy (non-hydrogen) atoms. The first-order valence-corrected chi connectivity index (χ1v) is 5.74. The number of nitrogens with one attached hydrogen (secondary N) is 1. The van der Waals surface area contributed by atoms with E-state index in [2.05, 4.69) is 5.32 Å². The summed E-state index contributed by atoms with van der Waals surface area (Å²) in [5.74, 6) is -0.548. The summed E-state index contributed by atoms with van der Waals surface area (Å²) in [7, 11) is 1.73. The highest BCUT2D eigenvalue weighted by Crippen LogP contribution is 2.07. The highest BCUT2D eigenvalue weighted by atomic mass is 16.4. The molecule has 1 atom stereocenters. The third kappa shape index (κ3) is 3.59. The number of nitrogens with zero attached hydrogens (tertiary/aromatic N) is 1. The van der Waals surface area contributed by atoms with E-state index in [4.69, 9.17) is 9.52 Å². The molecule has 0 aliphatic rings. The van der Waals surface area contributed by atoms with E-state index < -0.39 is 5.97 Å². The molecule has 1 amide bonds. The molecule has 6 heteroatoms. The maximum absolute atomic E-state index is 11.7. The van der Waals surface area contributed by atoms with Crippen LogP contribution in [0.3, 0.4) is 0 Å². The van der Waals surface area contributed by atoms with Gasteiger partial charge in [0.1, 0.15) is 12.0 Å². The summed E-state index contributed by atoms with van der Waals surface area (Å²) in [4.78, 5) is 24.0. The number of rotatable bonds is 6. The smallest absolute Gasteiger partial charge is 0.338 e. The van der Waals surface area contributed by atoms with Crippen molar-refractivity contribution in [2.24, 2.45) is 0 Å². The van der Waals surface area contributed by atoms with Crippen molar-refractivity contribution in [3.05, 3.63) is 23.7 Å². The molecule has 0 saturated carbocycles. The van der Waals surface area contributed by atoms with Gasteiger partial charge in [0.15, 0.2) is 0 Å². The normalized spacial score (nSPS) is 12.2. The summed E-state index contributed by atoms with van der Waals surface area (Å²) < 4.78 is 5.07. The molecule has 0 aliphatic heterocycles. The van der Waals surface area contributed by atoms with Gasteiger partial charge in [-0.25, -0.2) is 4.79 Å². The summed E-state index contributed by atoms with van der Waals surface area (Å²) in [6.45, 7) is 4.62. The summed E-state index contributed by atoms with van der Waals surface area (Å²) in [5.41, 5.74) is 0.108. The van der Waals surface area contributed by atoms with Gasteiger partial charge < -0.3 is 14.4 Å². The molecule has 1 rings (SSSR count). The van der Waals surface area contributed by atoms with E-state index in [1.54, 1.807) is 18.9 Å². The molecule has 1 unspecified atom stereocenters. The van der Waals surface area contributed by atoms with Crippen molar-refractivity contribution in [1.29, 1.82) is 0 Å². The SMILES string of the molecule is CCN(C)C(=O)C(C)NCc1cc(C(=O)O)co1. The summed E-state index contributed by atoms with van der Waals surface area (Å²) >= 11 is 0. The van der Waals surface area contributed by atoms with Crippen LogP contribution in [0.1, 0.15) is 30.0 Å². The molecule has 0 bridgehead atoms. The van der Waals surface area contributed by atoms with E-state index in [0.29, 0.717) is 18.8 Å². The maximum Gasteiger partial charge on any atom is 0.338 e. The Hall–Kier alpha value is -1.82. The van der Waals surface area contributed by atoms with Crippen LogP contribution in [0.5, 0.6) is 0 Å². The number of amides is 1. The van der Waals surface area contributed by atoms with E-state index in [9.17, 15) is 9.59 Å². The number of hydrogen-bond acceptors (Lipinski definition) is 4. The topological polar surface area (TPSA) is 82.8 Å². The summed E-state index contributed by atoms with van der Waals surface area (Å²) in [6.07, 6.45) is 1.18. The van der Waals surface area contributed by atoms with Crippen LogP contribution >= 0.6 is 0 Å². The molecule has 6 nitrogen and oxygen atoms in total. The third-order valence-electron chi connectivity index (χ3n) is 2.70. The van der Waals surface area contributed by atoms with Gasteiger partial charge in [0.05, 0.1) is 18.2 Å². The third-order valence-corrected chi connectivity index (χ3v) is 2.70. The lowest BCUT2D eigenvalue weighted by atomic mass is 10.2. The van der Waals surface area contributed by atoms with Gasteiger partial charge in [0, 0.05) is 13.6 Å². The maximum atomic E-state index is 11.7. The largest absolute Gasteiger partial charge is 0.478 e. The van der Waals surface area contributed by atoms with Crippen LogP contribution in [0.4, 0.5) is 0 Å². The van der Waals surface area contributed by atoms with Crippen molar-refractivity contribution in [2.75, 3.05) is 13.6 Å². The van der Waals surface area contributed by atoms with E-state index in [1.807, 2.05) is 6.92 Å². The number of carboxylic acid groups (broad SMARTS) is 1. The van der Waals surface area contributed by atoms with E-state index in [-0.39, 0.29) is 17.5 Å². The number of furan rings is 1. The van der Waals surface area contributed by atoms with Crippen LogP contribution in [-0.4, -0.2) is 41.5 Å². The first-order chi connectivity index (χ1) is 8.45. The molecule has 1 heterocycles. The van der Waals surface area contributed by atoms with Gasteiger partial charge in [0.2, 0.25) is 5.91 Å². The van der Waals surface area contributed by atoms with Gasteiger partial charge in [-0.05, 0) is 19.9 Å². The van der Waals surface area contributed by atoms with Gasteiger partial charge in [-0.2, -0.15) is 0 Å². The second kappa shape index (κ2) is 6.20. The molecule has 100 valence electrons. The van der Waals surface area contributed by atoms with Gasteiger partial charge in [-0.15, -0.1) is 0 Å².